The van der Waals surface area contributed by atoms with E-state index in [9.17, 15) is 4.79 Å². The Morgan fingerprint density at radius 2 is 1.84 bits per heavy atom. The highest BCUT2D eigenvalue weighted by Gasteiger charge is 2.20. The standard InChI is InChI=1S/C12H15Cl2NO3.ClH/c1-15(2)6-7-18-12(16)10-8(13)4-5-9(14)11(10)17-3;/h4-5H,6-7H2,1-3H3;1H. The molecule has 19 heavy (non-hydrogen) atoms. The van der Waals surface area contributed by atoms with Crippen molar-refractivity contribution in [3.8, 4) is 5.75 Å². The Hall–Kier alpha value is -0.680. The van der Waals surface area contributed by atoms with Crippen molar-refractivity contribution in [1.29, 1.82) is 0 Å². The molecule has 0 atom stereocenters. The molecule has 0 aromatic heterocycles. The van der Waals surface area contributed by atoms with Gasteiger partial charge in [-0.3, -0.25) is 0 Å². The van der Waals surface area contributed by atoms with Gasteiger partial charge in [-0.2, -0.15) is 0 Å². The van der Waals surface area contributed by atoms with Crippen LogP contribution in [0, 0.1) is 0 Å². The van der Waals surface area contributed by atoms with Gasteiger partial charge in [0.05, 0.1) is 17.2 Å². The van der Waals surface area contributed by atoms with Crippen molar-refractivity contribution in [3.63, 3.8) is 0 Å². The number of nitrogens with zero attached hydrogens (tertiary/aromatic N) is 1. The van der Waals surface area contributed by atoms with Crippen molar-refractivity contribution in [1.82, 2.24) is 4.90 Å². The normalized spacial score (nSPS) is 10.0. The molecule has 0 unspecified atom stereocenters. The summed E-state index contributed by atoms with van der Waals surface area (Å²) in [6.45, 7) is 0.907. The molecule has 108 valence electrons. The van der Waals surface area contributed by atoms with E-state index in [-0.39, 0.29) is 35.3 Å². The van der Waals surface area contributed by atoms with Gasteiger partial charge in [0.25, 0.3) is 0 Å². The topological polar surface area (TPSA) is 38.8 Å². The van der Waals surface area contributed by atoms with Crippen LogP contribution in [-0.4, -0.2) is 45.2 Å². The zero-order valence-corrected chi connectivity index (χ0v) is 13.2. The number of likely N-dealkylation sites (N-methyl/N-ethyl adjacent to an activating group) is 1. The van der Waals surface area contributed by atoms with E-state index in [4.69, 9.17) is 32.7 Å². The molecule has 4 nitrogen and oxygen atoms in total. The maximum Gasteiger partial charge on any atom is 0.343 e. The van der Waals surface area contributed by atoms with E-state index in [1.54, 1.807) is 6.07 Å². The third kappa shape index (κ3) is 5.07. The summed E-state index contributed by atoms with van der Waals surface area (Å²) >= 11 is 11.9. The van der Waals surface area contributed by atoms with Gasteiger partial charge >= 0.3 is 5.97 Å². The van der Waals surface area contributed by atoms with Crippen molar-refractivity contribution in [3.05, 3.63) is 27.7 Å². The highest BCUT2D eigenvalue weighted by molar-refractivity contribution is 6.37. The van der Waals surface area contributed by atoms with E-state index < -0.39 is 5.97 Å². The van der Waals surface area contributed by atoms with Crippen molar-refractivity contribution < 1.29 is 14.3 Å². The molecule has 0 amide bonds. The molecule has 0 N–H and O–H groups in total. The number of ether oxygens (including phenoxy) is 2. The van der Waals surface area contributed by atoms with Crippen LogP contribution in [0.4, 0.5) is 0 Å². The number of esters is 1. The summed E-state index contributed by atoms with van der Waals surface area (Å²) in [6, 6.07) is 3.11. The van der Waals surface area contributed by atoms with E-state index in [1.807, 2.05) is 19.0 Å². The maximum atomic E-state index is 11.9. The second kappa shape index (κ2) is 8.48. The van der Waals surface area contributed by atoms with Crippen LogP contribution in [0.2, 0.25) is 10.0 Å². The minimum absolute atomic E-state index is 0. The zero-order valence-electron chi connectivity index (χ0n) is 10.9. The SMILES string of the molecule is COc1c(Cl)ccc(Cl)c1C(=O)OCCN(C)C.Cl. The largest absolute Gasteiger partial charge is 0.494 e. The maximum absolute atomic E-state index is 11.9. The first-order valence-corrected chi connectivity index (χ1v) is 6.06. The van der Waals surface area contributed by atoms with Gasteiger partial charge in [0.2, 0.25) is 0 Å². The van der Waals surface area contributed by atoms with Crippen LogP contribution < -0.4 is 4.74 Å². The Bertz CT molecular complexity index is 438. The van der Waals surface area contributed by atoms with Crippen LogP contribution >= 0.6 is 35.6 Å². The highest BCUT2D eigenvalue weighted by atomic mass is 35.5. The van der Waals surface area contributed by atoms with Crippen molar-refractivity contribution in [2.24, 2.45) is 0 Å². The number of carbonyl (C=O) groups is 1. The second-order valence-electron chi connectivity index (χ2n) is 3.88. The third-order valence-electron chi connectivity index (χ3n) is 2.24. The number of hydrogen-bond donors (Lipinski definition) is 0. The smallest absolute Gasteiger partial charge is 0.343 e. The number of benzene rings is 1. The minimum atomic E-state index is -0.541. The molecule has 0 spiro atoms. The molecule has 0 saturated carbocycles. The average Bonchev–Trinajstić information content (AvgIpc) is 2.30. The molecule has 0 radical (unpaired) electrons. The summed E-state index contributed by atoms with van der Waals surface area (Å²) in [4.78, 5) is 13.8. The number of methoxy groups -OCH3 is 1. The predicted octanol–water partition coefficient (Wildman–Crippen LogP) is 3.14. The zero-order chi connectivity index (χ0) is 13.7. The van der Waals surface area contributed by atoms with Gasteiger partial charge in [0, 0.05) is 6.54 Å². The van der Waals surface area contributed by atoms with Gasteiger partial charge in [0.15, 0.2) is 5.75 Å². The number of carbonyl (C=O) groups excluding carboxylic acids is 1. The minimum Gasteiger partial charge on any atom is -0.494 e. The summed E-state index contributed by atoms with van der Waals surface area (Å²) in [7, 11) is 5.20. The lowest BCUT2D eigenvalue weighted by Crippen LogP contribution is -2.20. The average molecular weight is 329 g/mol. The highest BCUT2D eigenvalue weighted by Crippen LogP contribution is 2.34. The van der Waals surface area contributed by atoms with Crippen molar-refractivity contribution in [2.75, 3.05) is 34.4 Å². The van der Waals surface area contributed by atoms with E-state index >= 15 is 0 Å². The van der Waals surface area contributed by atoms with Gasteiger partial charge in [-0.25, -0.2) is 4.79 Å². The summed E-state index contributed by atoms with van der Waals surface area (Å²) in [5.74, 6) is -0.305. The van der Waals surface area contributed by atoms with E-state index in [2.05, 4.69) is 0 Å². The molecule has 0 heterocycles. The first-order valence-electron chi connectivity index (χ1n) is 5.31. The number of hydrogen-bond acceptors (Lipinski definition) is 4. The quantitative estimate of drug-likeness (QED) is 0.778. The molecule has 0 fully saturated rings. The van der Waals surface area contributed by atoms with Crippen LogP contribution in [0.25, 0.3) is 0 Å². The number of halogens is 3. The Balaban J connectivity index is 0.00000324. The fourth-order valence-corrected chi connectivity index (χ4v) is 1.78. The molecule has 0 bridgehead atoms. The first kappa shape index (κ1) is 18.3. The molecule has 1 aromatic rings. The van der Waals surface area contributed by atoms with Gasteiger partial charge < -0.3 is 14.4 Å². The molecule has 1 rings (SSSR count). The molecule has 7 heteroatoms. The lowest BCUT2D eigenvalue weighted by atomic mass is 10.2. The number of rotatable bonds is 5. The Labute approximate surface area is 129 Å². The van der Waals surface area contributed by atoms with Gasteiger partial charge in [-0.15, -0.1) is 12.4 Å². The van der Waals surface area contributed by atoms with Gasteiger partial charge in [-0.1, -0.05) is 23.2 Å². The van der Waals surface area contributed by atoms with Crippen molar-refractivity contribution in [2.45, 2.75) is 0 Å². The van der Waals surface area contributed by atoms with Crippen LogP contribution in [0.5, 0.6) is 5.75 Å². The van der Waals surface area contributed by atoms with Crippen LogP contribution in [0.1, 0.15) is 10.4 Å². The van der Waals surface area contributed by atoms with E-state index in [1.165, 1.54) is 13.2 Å². The Morgan fingerprint density at radius 3 is 2.37 bits per heavy atom. The lowest BCUT2D eigenvalue weighted by Gasteiger charge is -2.13. The van der Waals surface area contributed by atoms with Crippen LogP contribution in [0.15, 0.2) is 12.1 Å². The molecular formula is C12H16Cl3NO3. The third-order valence-corrected chi connectivity index (χ3v) is 2.85. The fraction of sp³-hybridized carbons (Fsp3) is 0.417. The lowest BCUT2D eigenvalue weighted by molar-refractivity contribution is 0.0478. The monoisotopic (exact) mass is 327 g/mol. The molecule has 0 aliphatic rings. The van der Waals surface area contributed by atoms with Gasteiger partial charge in [0.1, 0.15) is 12.2 Å². The second-order valence-corrected chi connectivity index (χ2v) is 4.69. The molecular weight excluding hydrogens is 312 g/mol. The molecule has 1 aromatic carbocycles. The van der Waals surface area contributed by atoms with E-state index in [0.29, 0.717) is 11.6 Å². The molecule has 0 aliphatic heterocycles. The summed E-state index contributed by atoms with van der Waals surface area (Å²) in [5, 5.41) is 0.576. The molecule has 0 saturated heterocycles. The van der Waals surface area contributed by atoms with Gasteiger partial charge in [-0.05, 0) is 26.2 Å². The molecule has 0 aliphatic carbocycles. The fourth-order valence-electron chi connectivity index (χ4n) is 1.32. The van der Waals surface area contributed by atoms with Crippen LogP contribution in [0.3, 0.4) is 0 Å². The van der Waals surface area contributed by atoms with Crippen molar-refractivity contribution >= 4 is 41.6 Å². The summed E-state index contributed by atoms with van der Waals surface area (Å²) in [6.07, 6.45) is 0. The first-order chi connectivity index (χ1) is 8.47. The predicted molar refractivity (Wildman–Crippen MR) is 79.1 cm³/mol. The van der Waals surface area contributed by atoms with E-state index in [0.717, 1.165) is 0 Å². The summed E-state index contributed by atoms with van der Waals surface area (Å²) < 4.78 is 10.2. The summed E-state index contributed by atoms with van der Waals surface area (Å²) in [5.41, 5.74) is 0.158. The van der Waals surface area contributed by atoms with Crippen LogP contribution in [-0.2, 0) is 4.74 Å². The Morgan fingerprint density at radius 1 is 1.26 bits per heavy atom. The Kier molecular flexibility index (Phi) is 8.18.